The van der Waals surface area contributed by atoms with Gasteiger partial charge in [-0.15, -0.1) is 11.3 Å². The molecule has 2 unspecified atom stereocenters. The first-order valence-electron chi connectivity index (χ1n) is 7.38. The van der Waals surface area contributed by atoms with Gasteiger partial charge in [0.05, 0.1) is 0 Å². The number of hydrogen-bond acceptors (Lipinski definition) is 3. The average Bonchev–Trinajstić information content (AvgIpc) is 2.96. The lowest BCUT2D eigenvalue weighted by Gasteiger charge is -2.50. The second-order valence-electron chi connectivity index (χ2n) is 6.72. The van der Waals surface area contributed by atoms with Crippen LogP contribution in [-0.4, -0.2) is 30.1 Å². The van der Waals surface area contributed by atoms with Crippen molar-refractivity contribution in [1.82, 2.24) is 4.90 Å². The van der Waals surface area contributed by atoms with Gasteiger partial charge in [0.2, 0.25) is 0 Å². The highest BCUT2D eigenvalue weighted by Gasteiger charge is 2.51. The second kappa shape index (κ2) is 5.55. The number of nitrogens with two attached hydrogens (primary N) is 1. The van der Waals surface area contributed by atoms with Gasteiger partial charge in [-0.3, -0.25) is 4.90 Å². The first-order chi connectivity index (χ1) is 8.93. The highest BCUT2D eigenvalue weighted by Crippen LogP contribution is 2.49. The zero-order valence-electron chi connectivity index (χ0n) is 12.8. The highest BCUT2D eigenvalue weighted by atomic mass is 32.1. The summed E-state index contributed by atoms with van der Waals surface area (Å²) in [5, 5.41) is 2.17. The van der Waals surface area contributed by atoms with Gasteiger partial charge in [-0.2, -0.15) is 0 Å². The number of nitrogens with zero attached hydrogens (tertiary/aromatic N) is 1. The fraction of sp³-hybridized carbons (Fsp3) is 0.750. The van der Waals surface area contributed by atoms with E-state index in [-0.39, 0.29) is 5.54 Å². The summed E-state index contributed by atoms with van der Waals surface area (Å²) in [5.41, 5.74) is 6.71. The topological polar surface area (TPSA) is 29.3 Å². The standard InChI is InChI=1S/C16H28N2S/c1-13(11-14-7-5-10-19-14)18(4)16(12-17)9-6-8-15(16,2)3/h5,7,10,13H,6,8-9,11-12,17H2,1-4H3. The van der Waals surface area contributed by atoms with Crippen LogP contribution in [0.2, 0.25) is 0 Å². The molecule has 0 amide bonds. The summed E-state index contributed by atoms with van der Waals surface area (Å²) in [6.45, 7) is 7.89. The first-order valence-corrected chi connectivity index (χ1v) is 8.26. The van der Waals surface area contributed by atoms with Gasteiger partial charge >= 0.3 is 0 Å². The van der Waals surface area contributed by atoms with E-state index in [9.17, 15) is 0 Å². The maximum atomic E-state index is 6.22. The van der Waals surface area contributed by atoms with E-state index in [0.29, 0.717) is 11.5 Å². The van der Waals surface area contributed by atoms with Crippen LogP contribution >= 0.6 is 11.3 Å². The zero-order chi connectivity index (χ0) is 14.1. The molecule has 0 bridgehead atoms. The van der Waals surface area contributed by atoms with E-state index in [2.05, 4.69) is 50.2 Å². The average molecular weight is 280 g/mol. The van der Waals surface area contributed by atoms with Crippen LogP contribution < -0.4 is 5.73 Å². The van der Waals surface area contributed by atoms with Crippen molar-refractivity contribution in [3.8, 4) is 0 Å². The lowest BCUT2D eigenvalue weighted by Crippen LogP contribution is -2.61. The largest absolute Gasteiger partial charge is 0.329 e. The predicted octanol–water partition coefficient (Wildman–Crippen LogP) is 3.52. The molecule has 1 saturated carbocycles. The van der Waals surface area contributed by atoms with Gasteiger partial charge < -0.3 is 5.73 Å². The van der Waals surface area contributed by atoms with E-state index >= 15 is 0 Å². The molecular formula is C16H28N2S. The minimum atomic E-state index is 0.170. The van der Waals surface area contributed by atoms with Crippen molar-refractivity contribution in [2.24, 2.45) is 11.1 Å². The first kappa shape index (κ1) is 15.0. The lowest BCUT2D eigenvalue weighted by atomic mass is 9.73. The van der Waals surface area contributed by atoms with Crippen LogP contribution in [0.1, 0.15) is 44.9 Å². The van der Waals surface area contributed by atoms with Crippen LogP contribution in [0, 0.1) is 5.41 Å². The summed E-state index contributed by atoms with van der Waals surface area (Å²) in [5.74, 6) is 0. The van der Waals surface area contributed by atoms with Crippen molar-refractivity contribution < 1.29 is 0 Å². The molecule has 1 aliphatic rings. The van der Waals surface area contributed by atoms with Gasteiger partial charge in [0.25, 0.3) is 0 Å². The van der Waals surface area contributed by atoms with E-state index in [1.807, 2.05) is 11.3 Å². The third-order valence-corrected chi connectivity index (χ3v) is 6.30. The Morgan fingerprint density at radius 1 is 1.42 bits per heavy atom. The molecule has 0 saturated heterocycles. The maximum Gasteiger partial charge on any atom is 0.0382 e. The van der Waals surface area contributed by atoms with E-state index in [0.717, 1.165) is 13.0 Å². The van der Waals surface area contributed by atoms with Gasteiger partial charge in [0.1, 0.15) is 0 Å². The van der Waals surface area contributed by atoms with Gasteiger partial charge in [-0.25, -0.2) is 0 Å². The predicted molar refractivity (Wildman–Crippen MR) is 84.7 cm³/mol. The lowest BCUT2D eigenvalue weighted by molar-refractivity contribution is 0.00701. The van der Waals surface area contributed by atoms with Crippen LogP contribution in [-0.2, 0) is 6.42 Å². The van der Waals surface area contributed by atoms with Gasteiger partial charge in [-0.1, -0.05) is 26.3 Å². The van der Waals surface area contributed by atoms with E-state index in [1.54, 1.807) is 0 Å². The minimum Gasteiger partial charge on any atom is -0.329 e. The van der Waals surface area contributed by atoms with Crippen LogP contribution in [0.4, 0.5) is 0 Å². The molecule has 2 N–H and O–H groups in total. The van der Waals surface area contributed by atoms with Crippen molar-refractivity contribution in [2.45, 2.75) is 58.0 Å². The normalized spacial score (nSPS) is 27.9. The molecule has 2 nitrogen and oxygen atoms in total. The van der Waals surface area contributed by atoms with Crippen molar-refractivity contribution in [1.29, 1.82) is 0 Å². The molecule has 0 aromatic carbocycles. The van der Waals surface area contributed by atoms with Crippen LogP contribution in [0.15, 0.2) is 17.5 Å². The second-order valence-corrected chi connectivity index (χ2v) is 7.75. The van der Waals surface area contributed by atoms with Crippen LogP contribution in [0.3, 0.4) is 0 Å². The zero-order valence-corrected chi connectivity index (χ0v) is 13.6. The summed E-state index contributed by atoms with van der Waals surface area (Å²) in [6.07, 6.45) is 4.97. The number of likely N-dealkylation sites (N-methyl/N-ethyl adjacent to an activating group) is 1. The molecule has 1 heterocycles. The monoisotopic (exact) mass is 280 g/mol. The summed E-state index contributed by atoms with van der Waals surface area (Å²) < 4.78 is 0. The van der Waals surface area contributed by atoms with Crippen molar-refractivity contribution >= 4 is 11.3 Å². The molecule has 19 heavy (non-hydrogen) atoms. The molecular weight excluding hydrogens is 252 g/mol. The van der Waals surface area contributed by atoms with E-state index < -0.39 is 0 Å². The molecule has 2 rings (SSSR count). The van der Waals surface area contributed by atoms with Crippen molar-refractivity contribution in [2.75, 3.05) is 13.6 Å². The van der Waals surface area contributed by atoms with Gasteiger partial charge in [0.15, 0.2) is 0 Å². The summed E-state index contributed by atoms with van der Waals surface area (Å²) >= 11 is 1.86. The molecule has 1 aromatic heterocycles. The summed E-state index contributed by atoms with van der Waals surface area (Å²) in [6, 6.07) is 4.93. The maximum absolute atomic E-state index is 6.22. The minimum absolute atomic E-state index is 0.170. The fourth-order valence-electron chi connectivity index (χ4n) is 3.85. The highest BCUT2D eigenvalue weighted by molar-refractivity contribution is 7.09. The van der Waals surface area contributed by atoms with E-state index in [1.165, 1.54) is 24.1 Å². The summed E-state index contributed by atoms with van der Waals surface area (Å²) in [7, 11) is 2.28. The van der Waals surface area contributed by atoms with Crippen LogP contribution in [0.5, 0.6) is 0 Å². The molecule has 0 spiro atoms. The molecule has 2 atom stereocenters. The molecule has 0 aliphatic heterocycles. The van der Waals surface area contributed by atoms with Crippen molar-refractivity contribution in [3.05, 3.63) is 22.4 Å². The molecule has 1 fully saturated rings. The van der Waals surface area contributed by atoms with Gasteiger partial charge in [0, 0.05) is 23.0 Å². The Morgan fingerprint density at radius 2 is 2.16 bits per heavy atom. The Morgan fingerprint density at radius 3 is 2.63 bits per heavy atom. The Hall–Kier alpha value is -0.380. The van der Waals surface area contributed by atoms with Crippen LogP contribution in [0.25, 0.3) is 0 Å². The molecule has 108 valence electrons. The Balaban J connectivity index is 2.14. The smallest absolute Gasteiger partial charge is 0.0382 e. The van der Waals surface area contributed by atoms with Crippen molar-refractivity contribution in [3.63, 3.8) is 0 Å². The number of thiophene rings is 1. The third kappa shape index (κ3) is 2.61. The third-order valence-electron chi connectivity index (χ3n) is 5.40. The van der Waals surface area contributed by atoms with Gasteiger partial charge in [-0.05, 0) is 50.1 Å². The quantitative estimate of drug-likeness (QED) is 0.894. The Bertz CT molecular complexity index is 399. The molecule has 1 aliphatic carbocycles. The number of rotatable bonds is 5. The SMILES string of the molecule is CC(Cc1cccs1)N(C)C1(CN)CCCC1(C)C. The van der Waals surface area contributed by atoms with E-state index in [4.69, 9.17) is 5.73 Å². The summed E-state index contributed by atoms with van der Waals surface area (Å²) in [4.78, 5) is 4.04. The Kier molecular flexibility index (Phi) is 4.38. The Labute approximate surface area is 122 Å². The molecule has 3 heteroatoms. The fourth-order valence-corrected chi connectivity index (χ4v) is 4.68. The molecule has 1 aromatic rings. The molecule has 0 radical (unpaired) electrons. The number of hydrogen-bond donors (Lipinski definition) is 1.